The molecule has 0 spiro atoms. The Morgan fingerprint density at radius 2 is 1.96 bits per heavy atom. The SMILES string of the molecule is CCN(CC)CCCOc1ccc(NC(=O)[C@]2(OC)CCC[C@H](C)C2)cc1. The van der Waals surface area contributed by atoms with Gasteiger partial charge in [0.25, 0.3) is 5.91 Å². The van der Waals surface area contributed by atoms with Crippen molar-refractivity contribution in [3.8, 4) is 5.75 Å². The minimum Gasteiger partial charge on any atom is -0.494 e. The maximum atomic E-state index is 12.8. The van der Waals surface area contributed by atoms with Gasteiger partial charge < -0.3 is 19.7 Å². The quantitative estimate of drug-likeness (QED) is 0.618. The number of benzene rings is 1. The van der Waals surface area contributed by atoms with Crippen molar-refractivity contribution in [1.82, 2.24) is 4.90 Å². The number of hydrogen-bond acceptors (Lipinski definition) is 4. The number of ether oxygens (including phenoxy) is 2. The van der Waals surface area contributed by atoms with E-state index in [4.69, 9.17) is 9.47 Å². The molecule has 2 rings (SSSR count). The molecule has 5 nitrogen and oxygen atoms in total. The van der Waals surface area contributed by atoms with Crippen LogP contribution in [0.15, 0.2) is 24.3 Å². The van der Waals surface area contributed by atoms with Gasteiger partial charge in [0.2, 0.25) is 0 Å². The van der Waals surface area contributed by atoms with E-state index in [1.807, 2.05) is 24.3 Å². The standard InChI is InChI=1S/C22H36N2O3/c1-5-24(6-2)15-8-16-27-20-12-10-19(11-13-20)23-21(25)22(26-4)14-7-9-18(3)17-22/h10-13,18H,5-9,14-17H2,1-4H3,(H,23,25)/t18-,22-/m0/s1. The van der Waals surface area contributed by atoms with E-state index < -0.39 is 5.60 Å². The first kappa shape index (κ1) is 21.7. The van der Waals surface area contributed by atoms with Crippen molar-refractivity contribution in [2.75, 3.05) is 38.7 Å². The maximum Gasteiger partial charge on any atom is 0.256 e. The highest BCUT2D eigenvalue weighted by molar-refractivity contribution is 5.97. The van der Waals surface area contributed by atoms with E-state index in [-0.39, 0.29) is 5.91 Å². The predicted octanol–water partition coefficient (Wildman–Crippen LogP) is 4.33. The van der Waals surface area contributed by atoms with E-state index in [0.29, 0.717) is 12.5 Å². The molecule has 1 amide bonds. The summed E-state index contributed by atoms with van der Waals surface area (Å²) in [5.74, 6) is 1.31. The molecule has 1 saturated carbocycles. The van der Waals surface area contributed by atoms with Crippen LogP contribution in [0.1, 0.15) is 52.9 Å². The van der Waals surface area contributed by atoms with Gasteiger partial charge in [-0.1, -0.05) is 27.2 Å². The van der Waals surface area contributed by atoms with Crippen molar-refractivity contribution in [3.63, 3.8) is 0 Å². The molecule has 1 N–H and O–H groups in total. The Hall–Kier alpha value is -1.59. The molecule has 0 unspecified atom stereocenters. The molecule has 0 bridgehead atoms. The summed E-state index contributed by atoms with van der Waals surface area (Å²) in [7, 11) is 1.65. The monoisotopic (exact) mass is 376 g/mol. The zero-order chi connectivity index (χ0) is 19.7. The Balaban J connectivity index is 1.83. The molecule has 5 heteroatoms. The second-order valence-electron chi connectivity index (χ2n) is 7.61. The van der Waals surface area contributed by atoms with Crippen LogP contribution in [0, 0.1) is 5.92 Å². The van der Waals surface area contributed by atoms with Crippen molar-refractivity contribution in [1.29, 1.82) is 0 Å². The fourth-order valence-electron chi connectivity index (χ4n) is 3.88. The van der Waals surface area contributed by atoms with E-state index in [1.54, 1.807) is 7.11 Å². The maximum absolute atomic E-state index is 12.8. The van der Waals surface area contributed by atoms with Crippen molar-refractivity contribution in [2.24, 2.45) is 5.92 Å². The van der Waals surface area contributed by atoms with E-state index in [1.165, 1.54) is 6.42 Å². The molecule has 0 aromatic heterocycles. The molecule has 2 atom stereocenters. The lowest BCUT2D eigenvalue weighted by molar-refractivity contribution is -0.143. The number of hydrogen-bond donors (Lipinski definition) is 1. The minimum absolute atomic E-state index is 0.0376. The van der Waals surface area contributed by atoms with Gasteiger partial charge in [-0.05, 0) is 69.0 Å². The van der Waals surface area contributed by atoms with Crippen molar-refractivity contribution < 1.29 is 14.3 Å². The lowest BCUT2D eigenvalue weighted by Gasteiger charge is -2.37. The highest BCUT2D eigenvalue weighted by atomic mass is 16.5. The Labute approximate surface area is 164 Å². The van der Waals surface area contributed by atoms with Crippen LogP contribution in [0.5, 0.6) is 5.75 Å². The van der Waals surface area contributed by atoms with Crippen LogP contribution in [-0.2, 0) is 9.53 Å². The van der Waals surface area contributed by atoms with Crippen molar-refractivity contribution in [2.45, 2.75) is 58.5 Å². The summed E-state index contributed by atoms with van der Waals surface area (Å²) < 4.78 is 11.5. The van der Waals surface area contributed by atoms with E-state index in [2.05, 4.69) is 31.0 Å². The van der Waals surface area contributed by atoms with Gasteiger partial charge in [-0.15, -0.1) is 0 Å². The molecule has 152 valence electrons. The first-order valence-electron chi connectivity index (χ1n) is 10.3. The molecule has 1 fully saturated rings. The van der Waals surface area contributed by atoms with Crippen molar-refractivity contribution in [3.05, 3.63) is 24.3 Å². The minimum atomic E-state index is -0.697. The number of anilines is 1. The van der Waals surface area contributed by atoms with Gasteiger partial charge in [0, 0.05) is 19.3 Å². The number of carbonyl (C=O) groups excluding carboxylic acids is 1. The molecule has 0 heterocycles. The van der Waals surface area contributed by atoms with Crippen LogP contribution in [-0.4, -0.2) is 49.8 Å². The van der Waals surface area contributed by atoms with Gasteiger partial charge in [0.1, 0.15) is 11.4 Å². The summed E-state index contributed by atoms with van der Waals surface area (Å²) >= 11 is 0. The molecular weight excluding hydrogens is 340 g/mol. The average Bonchev–Trinajstić information content (AvgIpc) is 2.69. The lowest BCUT2D eigenvalue weighted by Crippen LogP contribution is -2.47. The normalized spacial score (nSPS) is 22.6. The Morgan fingerprint density at radius 3 is 2.56 bits per heavy atom. The van der Waals surface area contributed by atoms with Gasteiger partial charge in [-0.2, -0.15) is 0 Å². The van der Waals surface area contributed by atoms with E-state index >= 15 is 0 Å². The molecule has 1 aromatic carbocycles. The fourth-order valence-corrected chi connectivity index (χ4v) is 3.88. The van der Waals surface area contributed by atoms with Gasteiger partial charge in [0.15, 0.2) is 0 Å². The summed E-state index contributed by atoms with van der Waals surface area (Å²) in [5.41, 5.74) is 0.0854. The second kappa shape index (κ2) is 10.7. The number of methoxy groups -OCH3 is 1. The number of nitrogens with zero attached hydrogens (tertiary/aromatic N) is 1. The van der Waals surface area contributed by atoms with E-state index in [9.17, 15) is 4.79 Å². The Kier molecular flexibility index (Phi) is 8.58. The molecular formula is C22H36N2O3. The first-order chi connectivity index (χ1) is 13.0. The summed E-state index contributed by atoms with van der Waals surface area (Å²) in [5, 5.41) is 3.02. The fraction of sp³-hybridized carbons (Fsp3) is 0.682. The lowest BCUT2D eigenvalue weighted by atomic mass is 9.78. The van der Waals surface area contributed by atoms with Crippen LogP contribution >= 0.6 is 0 Å². The summed E-state index contributed by atoms with van der Waals surface area (Å²) in [6.45, 7) is 10.5. The first-order valence-corrected chi connectivity index (χ1v) is 10.3. The van der Waals surface area contributed by atoms with Crippen LogP contribution < -0.4 is 10.1 Å². The van der Waals surface area contributed by atoms with Gasteiger partial charge >= 0.3 is 0 Å². The van der Waals surface area contributed by atoms with Gasteiger partial charge in [-0.3, -0.25) is 4.79 Å². The van der Waals surface area contributed by atoms with Crippen LogP contribution in [0.2, 0.25) is 0 Å². The molecule has 0 saturated heterocycles. The number of rotatable bonds is 10. The third-order valence-corrected chi connectivity index (χ3v) is 5.65. The summed E-state index contributed by atoms with van der Waals surface area (Å²) in [6, 6.07) is 7.62. The summed E-state index contributed by atoms with van der Waals surface area (Å²) in [4.78, 5) is 15.2. The molecule has 27 heavy (non-hydrogen) atoms. The second-order valence-corrected chi connectivity index (χ2v) is 7.61. The highest BCUT2D eigenvalue weighted by Gasteiger charge is 2.41. The predicted molar refractivity (Wildman–Crippen MR) is 110 cm³/mol. The van der Waals surface area contributed by atoms with Crippen molar-refractivity contribution >= 4 is 11.6 Å². The highest BCUT2D eigenvalue weighted by Crippen LogP contribution is 2.35. The molecule has 0 aliphatic heterocycles. The molecule has 1 aliphatic carbocycles. The number of nitrogens with one attached hydrogen (secondary N) is 1. The molecule has 1 aliphatic rings. The Bertz CT molecular complexity index is 571. The van der Waals surface area contributed by atoms with Gasteiger partial charge in [-0.25, -0.2) is 0 Å². The molecule has 0 radical (unpaired) electrons. The average molecular weight is 377 g/mol. The van der Waals surface area contributed by atoms with E-state index in [0.717, 1.165) is 56.8 Å². The smallest absolute Gasteiger partial charge is 0.256 e. The largest absolute Gasteiger partial charge is 0.494 e. The Morgan fingerprint density at radius 1 is 1.26 bits per heavy atom. The zero-order valence-electron chi connectivity index (χ0n) is 17.4. The molecule has 1 aromatic rings. The van der Waals surface area contributed by atoms with Crippen LogP contribution in [0.4, 0.5) is 5.69 Å². The summed E-state index contributed by atoms with van der Waals surface area (Å²) in [6.07, 6.45) is 4.77. The number of carbonyl (C=O) groups is 1. The van der Waals surface area contributed by atoms with Crippen LogP contribution in [0.3, 0.4) is 0 Å². The van der Waals surface area contributed by atoms with Crippen LogP contribution in [0.25, 0.3) is 0 Å². The number of amides is 1. The third-order valence-electron chi connectivity index (χ3n) is 5.65. The zero-order valence-corrected chi connectivity index (χ0v) is 17.4. The van der Waals surface area contributed by atoms with Gasteiger partial charge in [0.05, 0.1) is 6.61 Å². The third kappa shape index (κ3) is 6.22. The topological polar surface area (TPSA) is 50.8 Å².